The first-order valence-electron chi connectivity index (χ1n) is 13.1. The minimum atomic E-state index is -1.38. The van der Waals surface area contributed by atoms with E-state index in [0.717, 1.165) is 11.8 Å². The Morgan fingerprint density at radius 1 is 1.10 bits per heavy atom. The second-order valence-corrected chi connectivity index (χ2v) is 10.9. The van der Waals surface area contributed by atoms with Gasteiger partial charge in [0.05, 0.1) is 43.9 Å². The third-order valence-electron chi connectivity index (χ3n) is 6.03. The molecule has 2 atom stereocenters. The zero-order valence-electron chi connectivity index (χ0n) is 23.7. The molecule has 0 spiro atoms. The molecule has 0 bridgehead atoms. The molecule has 0 aliphatic heterocycles. The predicted molar refractivity (Wildman–Crippen MR) is 156 cm³/mol. The van der Waals surface area contributed by atoms with Gasteiger partial charge in [0.2, 0.25) is 11.8 Å². The van der Waals surface area contributed by atoms with E-state index in [4.69, 9.17) is 21.1 Å². The summed E-state index contributed by atoms with van der Waals surface area (Å²) in [4.78, 5) is 62.5. The molecule has 0 aromatic heterocycles. The van der Waals surface area contributed by atoms with E-state index in [0.29, 0.717) is 17.9 Å². The van der Waals surface area contributed by atoms with Crippen molar-refractivity contribution in [2.45, 2.75) is 51.4 Å². The summed E-state index contributed by atoms with van der Waals surface area (Å²) in [7, 11) is 1.23. The quantitative estimate of drug-likeness (QED) is 0.237. The molecule has 10 nitrogen and oxygen atoms in total. The van der Waals surface area contributed by atoms with Crippen molar-refractivity contribution in [3.63, 3.8) is 0 Å². The molecule has 0 aliphatic carbocycles. The van der Waals surface area contributed by atoms with Crippen LogP contribution < -0.4 is 15.4 Å². The van der Waals surface area contributed by atoms with Crippen molar-refractivity contribution in [2.24, 2.45) is 5.92 Å². The van der Waals surface area contributed by atoms with Gasteiger partial charge in [-0.3, -0.25) is 19.2 Å². The molecule has 0 saturated carbocycles. The average Bonchev–Trinajstić information content (AvgIpc) is 2.92. The van der Waals surface area contributed by atoms with E-state index < -0.39 is 59.8 Å². The number of carboxylic acids is 1. The number of halogens is 2. The summed E-state index contributed by atoms with van der Waals surface area (Å²) in [6, 6.07) is 6.25. The molecule has 0 unspecified atom stereocenters. The highest BCUT2D eigenvalue weighted by Crippen LogP contribution is 2.24. The number of carbonyl (C=O) groups excluding carboxylic acids is 4. The van der Waals surface area contributed by atoms with Gasteiger partial charge in [-0.2, -0.15) is 0 Å². The molecule has 13 heteroatoms. The Balaban J connectivity index is 2.12. The van der Waals surface area contributed by atoms with Crippen molar-refractivity contribution < 1.29 is 42.9 Å². The van der Waals surface area contributed by atoms with Crippen LogP contribution in [0.3, 0.4) is 0 Å². The number of rotatable bonds is 16. The number of carbonyl (C=O) groups is 5. The summed E-state index contributed by atoms with van der Waals surface area (Å²) < 4.78 is 24.3. The Bertz CT molecular complexity index is 1290. The van der Waals surface area contributed by atoms with Crippen LogP contribution in [0.15, 0.2) is 36.4 Å². The van der Waals surface area contributed by atoms with Gasteiger partial charge in [-0.25, -0.2) is 9.18 Å². The molecule has 0 saturated heterocycles. The third kappa shape index (κ3) is 10.3. The van der Waals surface area contributed by atoms with Crippen molar-refractivity contribution in [1.82, 2.24) is 10.6 Å². The number of ketones is 1. The normalized spacial score (nSPS) is 12.3. The number of hydrogen-bond acceptors (Lipinski definition) is 8. The molecule has 2 aromatic rings. The van der Waals surface area contributed by atoms with Crippen LogP contribution in [0, 0.1) is 11.7 Å². The number of benzene rings is 2. The van der Waals surface area contributed by atoms with E-state index in [-0.39, 0.29) is 34.1 Å². The number of amides is 2. The minimum Gasteiger partial charge on any atom is -0.494 e. The fraction of sp³-hybridized carbons (Fsp3) is 0.414. The predicted octanol–water partition coefficient (Wildman–Crippen LogP) is 3.81. The number of hydrogen-bond donors (Lipinski definition) is 3. The van der Waals surface area contributed by atoms with Gasteiger partial charge < -0.3 is 25.2 Å². The van der Waals surface area contributed by atoms with Gasteiger partial charge in [-0.15, -0.1) is 11.8 Å². The van der Waals surface area contributed by atoms with E-state index in [9.17, 15) is 33.5 Å². The topological polar surface area (TPSA) is 148 Å². The Morgan fingerprint density at radius 2 is 1.81 bits per heavy atom. The number of methoxy groups -OCH3 is 1. The maximum Gasteiger partial charge on any atom is 0.337 e. The lowest BCUT2D eigenvalue weighted by Gasteiger charge is -2.25. The van der Waals surface area contributed by atoms with Gasteiger partial charge in [-0.05, 0) is 43.2 Å². The smallest absolute Gasteiger partial charge is 0.337 e. The molecular formula is C29H34ClFN2O8S. The second-order valence-electron chi connectivity index (χ2n) is 9.53. The van der Waals surface area contributed by atoms with E-state index in [1.807, 2.05) is 0 Å². The molecule has 0 heterocycles. The summed E-state index contributed by atoms with van der Waals surface area (Å²) >= 11 is 7.05. The average molecular weight is 625 g/mol. The molecule has 42 heavy (non-hydrogen) atoms. The summed E-state index contributed by atoms with van der Waals surface area (Å²) in [6.07, 6.45) is -0.911. The zero-order valence-corrected chi connectivity index (χ0v) is 25.3. The van der Waals surface area contributed by atoms with Crippen LogP contribution in [-0.2, 0) is 36.1 Å². The number of esters is 1. The summed E-state index contributed by atoms with van der Waals surface area (Å²) in [5.74, 6) is -4.52. The first-order valence-corrected chi connectivity index (χ1v) is 14.6. The van der Waals surface area contributed by atoms with E-state index >= 15 is 0 Å². The first kappa shape index (κ1) is 34.6. The maximum absolute atomic E-state index is 14.0. The number of carboxylic acid groups (broad SMARTS) is 1. The van der Waals surface area contributed by atoms with Crippen LogP contribution >= 0.6 is 23.4 Å². The molecule has 228 valence electrons. The van der Waals surface area contributed by atoms with Gasteiger partial charge in [0.1, 0.15) is 17.6 Å². The van der Waals surface area contributed by atoms with E-state index in [1.165, 1.54) is 37.4 Å². The summed E-state index contributed by atoms with van der Waals surface area (Å²) in [6.45, 7) is 5.43. The van der Waals surface area contributed by atoms with E-state index in [2.05, 4.69) is 10.6 Å². The third-order valence-corrected chi connectivity index (χ3v) is 7.37. The van der Waals surface area contributed by atoms with Crippen LogP contribution in [-0.4, -0.2) is 66.2 Å². The molecule has 3 N–H and O–H groups in total. The van der Waals surface area contributed by atoms with Crippen LogP contribution in [0.2, 0.25) is 5.02 Å². The summed E-state index contributed by atoms with van der Waals surface area (Å²) in [5, 5.41) is 14.6. The van der Waals surface area contributed by atoms with Gasteiger partial charge in [0.15, 0.2) is 5.78 Å². The van der Waals surface area contributed by atoms with Crippen molar-refractivity contribution in [3.8, 4) is 5.75 Å². The fourth-order valence-corrected chi connectivity index (χ4v) is 5.21. The lowest BCUT2D eigenvalue weighted by molar-refractivity contribution is -0.140. The monoisotopic (exact) mass is 624 g/mol. The van der Waals surface area contributed by atoms with Crippen molar-refractivity contribution in [3.05, 3.63) is 63.9 Å². The van der Waals surface area contributed by atoms with Crippen molar-refractivity contribution in [2.75, 3.05) is 19.5 Å². The molecule has 2 amide bonds. The highest BCUT2D eigenvalue weighted by molar-refractivity contribution is 7.99. The molecule has 0 aliphatic rings. The molecule has 0 fully saturated rings. The fourth-order valence-electron chi connectivity index (χ4n) is 3.90. The highest BCUT2D eigenvalue weighted by atomic mass is 35.5. The lowest BCUT2D eigenvalue weighted by Crippen LogP contribution is -2.54. The number of ether oxygens (including phenoxy) is 2. The van der Waals surface area contributed by atoms with Crippen LogP contribution in [0.5, 0.6) is 5.75 Å². The number of nitrogens with one attached hydrogen (secondary N) is 2. The minimum absolute atomic E-state index is 0.0660. The van der Waals surface area contributed by atoms with Crippen molar-refractivity contribution >= 4 is 52.9 Å². The summed E-state index contributed by atoms with van der Waals surface area (Å²) in [5.41, 5.74) is 0.820. The molecular weight excluding hydrogens is 591 g/mol. The number of thioether (sulfide) groups is 1. The standard InChI is InChI=1S/C29H34ClFN2O8S/c1-5-41-24-10-9-17(29(39)40-4)11-18(24)12-25(35)33-27(16(2)3)28(38)32-22(13-26(36)37)23(34)15-42-14-19-20(30)7-6-8-21(19)31/h6-11,16,22,27H,5,12-15H2,1-4H3,(H,32,38)(H,33,35)(H,36,37)/t22-,27-/m0/s1. The van der Waals surface area contributed by atoms with Gasteiger partial charge >= 0.3 is 11.9 Å². The molecule has 2 rings (SSSR count). The molecule has 0 radical (unpaired) electrons. The largest absolute Gasteiger partial charge is 0.494 e. The van der Waals surface area contributed by atoms with Crippen LogP contribution in [0.4, 0.5) is 4.39 Å². The number of aliphatic carboxylic acids is 1. The Kier molecular flexibility index (Phi) is 13.8. The Labute approximate surface area is 252 Å². The SMILES string of the molecule is CCOc1ccc(C(=O)OC)cc1CC(=O)N[C@H](C(=O)N[C@@H](CC(=O)O)C(=O)CSCc1c(F)cccc1Cl)C(C)C. The van der Waals surface area contributed by atoms with E-state index in [1.54, 1.807) is 26.8 Å². The van der Waals surface area contributed by atoms with Gasteiger partial charge in [0, 0.05) is 21.9 Å². The number of Topliss-reactive ketones (excluding diaryl/α,β-unsaturated/α-hetero) is 1. The van der Waals surface area contributed by atoms with Crippen LogP contribution in [0.25, 0.3) is 0 Å². The molecule has 2 aromatic carbocycles. The maximum atomic E-state index is 14.0. The van der Waals surface area contributed by atoms with Crippen molar-refractivity contribution in [1.29, 1.82) is 0 Å². The van der Waals surface area contributed by atoms with Crippen LogP contribution in [0.1, 0.15) is 48.7 Å². The zero-order chi connectivity index (χ0) is 31.4. The second kappa shape index (κ2) is 16.7. The Morgan fingerprint density at radius 3 is 2.40 bits per heavy atom. The van der Waals surface area contributed by atoms with Gasteiger partial charge in [-0.1, -0.05) is 31.5 Å². The van der Waals surface area contributed by atoms with Gasteiger partial charge in [0.25, 0.3) is 0 Å². The Hall–Kier alpha value is -3.64. The highest BCUT2D eigenvalue weighted by Gasteiger charge is 2.30. The lowest BCUT2D eigenvalue weighted by atomic mass is 10.0. The first-order chi connectivity index (χ1) is 19.9.